The summed E-state index contributed by atoms with van der Waals surface area (Å²) in [6.07, 6.45) is 4.01. The summed E-state index contributed by atoms with van der Waals surface area (Å²) in [5.41, 5.74) is 0. The SMILES string of the molecule is CCNC(C)CCCCN(CC)CC(C)C. The van der Waals surface area contributed by atoms with Crippen molar-refractivity contribution in [2.45, 2.75) is 59.9 Å². The van der Waals surface area contributed by atoms with Crippen LogP contribution in [0.5, 0.6) is 0 Å². The molecule has 0 aliphatic heterocycles. The van der Waals surface area contributed by atoms with Crippen LogP contribution in [0.15, 0.2) is 0 Å². The van der Waals surface area contributed by atoms with Crippen LogP contribution in [0.4, 0.5) is 0 Å². The zero-order chi connectivity index (χ0) is 12.4. The molecule has 1 atom stereocenters. The molecule has 0 aliphatic carbocycles. The van der Waals surface area contributed by atoms with Gasteiger partial charge in [0, 0.05) is 12.6 Å². The van der Waals surface area contributed by atoms with Crippen molar-refractivity contribution in [3.05, 3.63) is 0 Å². The number of nitrogens with zero attached hydrogens (tertiary/aromatic N) is 1. The minimum absolute atomic E-state index is 0.685. The summed E-state index contributed by atoms with van der Waals surface area (Å²) in [6.45, 7) is 16.1. The van der Waals surface area contributed by atoms with E-state index in [-0.39, 0.29) is 0 Å². The first-order valence-corrected chi connectivity index (χ1v) is 7.05. The molecule has 0 aromatic carbocycles. The van der Waals surface area contributed by atoms with E-state index >= 15 is 0 Å². The lowest BCUT2D eigenvalue weighted by molar-refractivity contribution is 0.249. The molecule has 2 heteroatoms. The molecule has 0 amide bonds. The van der Waals surface area contributed by atoms with Gasteiger partial charge in [-0.25, -0.2) is 0 Å². The predicted octanol–water partition coefficient (Wildman–Crippen LogP) is 3.13. The highest BCUT2D eigenvalue weighted by atomic mass is 15.1. The lowest BCUT2D eigenvalue weighted by Crippen LogP contribution is -2.29. The second-order valence-corrected chi connectivity index (χ2v) is 5.24. The molecule has 0 saturated carbocycles. The standard InChI is InChI=1S/C14H32N2/c1-6-15-14(5)10-8-9-11-16(7-2)12-13(3)4/h13-15H,6-12H2,1-5H3. The number of hydrogen-bond acceptors (Lipinski definition) is 2. The van der Waals surface area contributed by atoms with Crippen LogP contribution in [0.2, 0.25) is 0 Å². The van der Waals surface area contributed by atoms with Crippen LogP contribution in [0.1, 0.15) is 53.9 Å². The maximum Gasteiger partial charge on any atom is 0.00386 e. The summed E-state index contributed by atoms with van der Waals surface area (Å²) < 4.78 is 0. The summed E-state index contributed by atoms with van der Waals surface area (Å²) in [4.78, 5) is 2.57. The summed E-state index contributed by atoms with van der Waals surface area (Å²) in [5, 5.41) is 3.47. The lowest BCUT2D eigenvalue weighted by atomic mass is 10.1. The van der Waals surface area contributed by atoms with E-state index in [9.17, 15) is 0 Å². The van der Waals surface area contributed by atoms with Gasteiger partial charge in [-0.05, 0) is 45.3 Å². The fraction of sp³-hybridized carbons (Fsp3) is 1.00. The van der Waals surface area contributed by atoms with Gasteiger partial charge in [0.1, 0.15) is 0 Å². The van der Waals surface area contributed by atoms with Crippen molar-refractivity contribution >= 4 is 0 Å². The van der Waals surface area contributed by atoms with Crippen molar-refractivity contribution in [2.75, 3.05) is 26.2 Å². The molecule has 0 aromatic rings. The van der Waals surface area contributed by atoms with Crippen LogP contribution in [0, 0.1) is 5.92 Å². The monoisotopic (exact) mass is 228 g/mol. The first-order chi connectivity index (χ1) is 7.60. The Bertz CT molecular complexity index is 146. The van der Waals surface area contributed by atoms with E-state index in [0.717, 1.165) is 12.5 Å². The molecule has 0 saturated heterocycles. The van der Waals surface area contributed by atoms with Crippen LogP contribution < -0.4 is 5.32 Å². The summed E-state index contributed by atoms with van der Waals surface area (Å²) >= 11 is 0. The van der Waals surface area contributed by atoms with E-state index in [2.05, 4.69) is 44.8 Å². The van der Waals surface area contributed by atoms with E-state index in [4.69, 9.17) is 0 Å². The molecular weight excluding hydrogens is 196 g/mol. The molecule has 0 heterocycles. The van der Waals surface area contributed by atoms with Gasteiger partial charge in [-0.2, -0.15) is 0 Å². The third kappa shape index (κ3) is 9.17. The van der Waals surface area contributed by atoms with E-state index < -0.39 is 0 Å². The second-order valence-electron chi connectivity index (χ2n) is 5.24. The van der Waals surface area contributed by atoms with Gasteiger partial charge in [0.25, 0.3) is 0 Å². The molecule has 98 valence electrons. The quantitative estimate of drug-likeness (QED) is 0.578. The first-order valence-electron chi connectivity index (χ1n) is 7.05. The Morgan fingerprint density at radius 2 is 1.75 bits per heavy atom. The molecule has 0 bridgehead atoms. The fourth-order valence-electron chi connectivity index (χ4n) is 2.13. The largest absolute Gasteiger partial charge is 0.315 e. The highest BCUT2D eigenvalue weighted by Crippen LogP contribution is 2.04. The number of rotatable bonds is 10. The number of unbranched alkanes of at least 4 members (excludes halogenated alkanes) is 1. The zero-order valence-corrected chi connectivity index (χ0v) is 12.1. The Balaban J connectivity index is 3.47. The van der Waals surface area contributed by atoms with Crippen LogP contribution >= 0.6 is 0 Å². The Morgan fingerprint density at radius 3 is 2.25 bits per heavy atom. The summed E-state index contributed by atoms with van der Waals surface area (Å²) in [7, 11) is 0. The zero-order valence-electron chi connectivity index (χ0n) is 12.1. The van der Waals surface area contributed by atoms with Crippen molar-refractivity contribution in [1.82, 2.24) is 10.2 Å². The average molecular weight is 228 g/mol. The highest BCUT2D eigenvalue weighted by Gasteiger charge is 2.05. The predicted molar refractivity (Wildman–Crippen MR) is 73.9 cm³/mol. The van der Waals surface area contributed by atoms with Crippen LogP contribution in [-0.4, -0.2) is 37.1 Å². The van der Waals surface area contributed by atoms with Crippen molar-refractivity contribution < 1.29 is 0 Å². The van der Waals surface area contributed by atoms with Crippen LogP contribution in [0.25, 0.3) is 0 Å². The van der Waals surface area contributed by atoms with Gasteiger partial charge >= 0.3 is 0 Å². The lowest BCUT2D eigenvalue weighted by Gasteiger charge is -2.22. The van der Waals surface area contributed by atoms with Gasteiger partial charge in [0.05, 0.1) is 0 Å². The maximum absolute atomic E-state index is 3.47. The topological polar surface area (TPSA) is 15.3 Å². The van der Waals surface area contributed by atoms with E-state index in [1.54, 1.807) is 0 Å². The third-order valence-electron chi connectivity index (χ3n) is 2.98. The van der Waals surface area contributed by atoms with Gasteiger partial charge < -0.3 is 10.2 Å². The molecule has 0 fully saturated rings. The number of hydrogen-bond donors (Lipinski definition) is 1. The second kappa shape index (κ2) is 10.1. The first kappa shape index (κ1) is 15.9. The molecule has 0 radical (unpaired) electrons. The van der Waals surface area contributed by atoms with Crippen molar-refractivity contribution in [3.8, 4) is 0 Å². The molecule has 0 aromatic heterocycles. The molecule has 2 nitrogen and oxygen atoms in total. The minimum atomic E-state index is 0.685. The van der Waals surface area contributed by atoms with E-state index in [1.807, 2.05) is 0 Å². The third-order valence-corrected chi connectivity index (χ3v) is 2.98. The molecule has 0 spiro atoms. The summed E-state index contributed by atoms with van der Waals surface area (Å²) in [5.74, 6) is 0.792. The average Bonchev–Trinajstić information content (AvgIpc) is 2.22. The molecule has 0 rings (SSSR count). The Hall–Kier alpha value is -0.0800. The van der Waals surface area contributed by atoms with Crippen molar-refractivity contribution in [1.29, 1.82) is 0 Å². The van der Waals surface area contributed by atoms with Crippen LogP contribution in [0.3, 0.4) is 0 Å². The Kier molecular flexibility index (Phi) is 10.0. The smallest absolute Gasteiger partial charge is 0.00386 e. The fourth-order valence-corrected chi connectivity index (χ4v) is 2.13. The normalized spacial score (nSPS) is 13.7. The molecular formula is C14H32N2. The van der Waals surface area contributed by atoms with Crippen LogP contribution in [-0.2, 0) is 0 Å². The maximum atomic E-state index is 3.47. The van der Waals surface area contributed by atoms with Gasteiger partial charge in [0.2, 0.25) is 0 Å². The van der Waals surface area contributed by atoms with Crippen molar-refractivity contribution in [3.63, 3.8) is 0 Å². The summed E-state index contributed by atoms with van der Waals surface area (Å²) in [6, 6.07) is 0.685. The van der Waals surface area contributed by atoms with Gasteiger partial charge in [0.15, 0.2) is 0 Å². The molecule has 1 unspecified atom stereocenters. The Morgan fingerprint density at radius 1 is 1.06 bits per heavy atom. The van der Waals surface area contributed by atoms with Gasteiger partial charge in [-0.3, -0.25) is 0 Å². The molecule has 16 heavy (non-hydrogen) atoms. The molecule has 0 aliphatic rings. The van der Waals surface area contributed by atoms with E-state index in [1.165, 1.54) is 38.9 Å². The highest BCUT2D eigenvalue weighted by molar-refractivity contribution is 4.62. The van der Waals surface area contributed by atoms with Crippen molar-refractivity contribution in [2.24, 2.45) is 5.92 Å². The Labute approximate surface area is 103 Å². The van der Waals surface area contributed by atoms with Gasteiger partial charge in [-0.15, -0.1) is 0 Å². The van der Waals surface area contributed by atoms with E-state index in [0.29, 0.717) is 6.04 Å². The van der Waals surface area contributed by atoms with Gasteiger partial charge in [-0.1, -0.05) is 34.1 Å². The molecule has 1 N–H and O–H groups in total. The minimum Gasteiger partial charge on any atom is -0.315 e. The number of nitrogens with one attached hydrogen (secondary N) is 1.